The maximum atomic E-state index is 13.6. The van der Waals surface area contributed by atoms with Gasteiger partial charge in [0.1, 0.15) is 24.2 Å². The molecule has 10 nitrogen and oxygen atoms in total. The topological polar surface area (TPSA) is 151 Å². The van der Waals surface area contributed by atoms with Gasteiger partial charge in [-0.05, 0) is 50.3 Å². The normalized spacial score (nSPS) is 13.6. The summed E-state index contributed by atoms with van der Waals surface area (Å²) in [5.74, 6) is 2.19. The Labute approximate surface area is 281 Å². The van der Waals surface area contributed by atoms with Gasteiger partial charge in [0.25, 0.3) is 0 Å². The number of ether oxygens (including phenoxy) is 2. The Balaban J connectivity index is 2.87. The van der Waals surface area contributed by atoms with Crippen LogP contribution in [0.5, 0.6) is 5.75 Å². The molecule has 0 heterocycles. The van der Waals surface area contributed by atoms with Crippen LogP contribution in [-0.2, 0) is 30.3 Å². The van der Waals surface area contributed by atoms with E-state index in [1.165, 1.54) is 39.5 Å². The highest BCUT2D eigenvalue weighted by Crippen LogP contribution is 2.26. The molecule has 0 fully saturated rings. The van der Waals surface area contributed by atoms with E-state index >= 15 is 0 Å². The first-order chi connectivity index (χ1) is 22.6. The number of ketones is 1. The molecule has 1 aromatic rings. The van der Waals surface area contributed by atoms with Gasteiger partial charge in [-0.15, -0.1) is 5.92 Å². The highest BCUT2D eigenvalue weighted by molar-refractivity contribution is 5.93. The molecule has 1 rings (SSSR count). The zero-order valence-electron chi connectivity index (χ0n) is 28.8. The first-order valence-electron chi connectivity index (χ1n) is 16.9. The molecule has 0 bridgehead atoms. The van der Waals surface area contributed by atoms with Crippen molar-refractivity contribution in [3.05, 3.63) is 42.0 Å². The van der Waals surface area contributed by atoms with Gasteiger partial charge in [-0.2, -0.15) is 0 Å². The van der Waals surface area contributed by atoms with E-state index in [-0.39, 0.29) is 26.1 Å². The molecular weight excluding hydrogens is 600 g/mol. The number of benzene rings is 1. The van der Waals surface area contributed by atoms with E-state index in [1.54, 1.807) is 37.3 Å². The zero-order chi connectivity index (χ0) is 34.9. The lowest BCUT2D eigenvalue weighted by Crippen LogP contribution is -2.56. The molecule has 4 N–H and O–H groups in total. The van der Waals surface area contributed by atoms with Crippen molar-refractivity contribution in [2.45, 2.75) is 115 Å². The van der Waals surface area contributed by atoms with Gasteiger partial charge in [0.15, 0.2) is 5.60 Å². The molecule has 0 aliphatic rings. The summed E-state index contributed by atoms with van der Waals surface area (Å²) in [6, 6.07) is 5.99. The number of unbranched alkanes of at least 4 members (excludes halogenated alkanes) is 8. The predicted octanol–water partition coefficient (Wildman–Crippen LogP) is 5.16. The SMILES string of the molecule is CC#CCOc1ccc(C[C@H](NC(=O)C(C=CCCCCCCC(=O)CCCCCCC)[C@@](O)(CCOC)C(=O)O)C(=O)NC)cc1. The van der Waals surface area contributed by atoms with Crippen LogP contribution < -0.4 is 15.4 Å². The van der Waals surface area contributed by atoms with Crippen molar-refractivity contribution >= 4 is 23.6 Å². The fourth-order valence-electron chi connectivity index (χ4n) is 5.13. The molecule has 0 aliphatic heterocycles. The lowest BCUT2D eigenvalue weighted by Gasteiger charge is -2.31. The molecular formula is C37H56N2O8. The second-order valence-electron chi connectivity index (χ2n) is 11.8. The molecule has 1 unspecified atom stereocenters. The van der Waals surface area contributed by atoms with Crippen LogP contribution in [0.1, 0.15) is 103 Å². The van der Waals surface area contributed by atoms with Gasteiger partial charge in [0, 0.05) is 46.4 Å². The van der Waals surface area contributed by atoms with Crippen molar-refractivity contribution in [1.29, 1.82) is 0 Å². The molecule has 0 radical (unpaired) electrons. The van der Waals surface area contributed by atoms with Crippen LogP contribution in [0.2, 0.25) is 0 Å². The smallest absolute Gasteiger partial charge is 0.336 e. The number of likely N-dealkylation sites (N-methyl/N-ethyl adjacent to an activating group) is 1. The fraction of sp³-hybridized carbons (Fsp3) is 0.622. The van der Waals surface area contributed by atoms with Crippen LogP contribution in [0, 0.1) is 17.8 Å². The van der Waals surface area contributed by atoms with Gasteiger partial charge < -0.3 is 30.3 Å². The Morgan fingerprint density at radius 3 is 2.17 bits per heavy atom. The van der Waals surface area contributed by atoms with Crippen LogP contribution in [0.4, 0.5) is 0 Å². The maximum Gasteiger partial charge on any atom is 0.336 e. The Morgan fingerprint density at radius 2 is 1.60 bits per heavy atom. The van der Waals surface area contributed by atoms with Crippen LogP contribution in [-0.4, -0.2) is 72.8 Å². The summed E-state index contributed by atoms with van der Waals surface area (Å²) >= 11 is 0. The molecule has 0 spiro atoms. The third-order valence-electron chi connectivity index (χ3n) is 8.05. The molecule has 0 saturated carbocycles. The summed E-state index contributed by atoms with van der Waals surface area (Å²) in [4.78, 5) is 50.8. The number of Topliss-reactive ketones (excluding diaryl/α,β-unsaturated/α-hetero) is 1. The van der Waals surface area contributed by atoms with E-state index in [9.17, 15) is 29.4 Å². The van der Waals surface area contributed by atoms with Crippen molar-refractivity contribution in [3.8, 4) is 17.6 Å². The summed E-state index contributed by atoms with van der Waals surface area (Å²) < 4.78 is 10.6. The molecule has 262 valence electrons. The standard InChI is InChI=1S/C37H56N2O8/c1-5-7-9-12-15-18-30(40)19-16-13-10-11-14-17-20-32(37(45,36(43)44)25-27-46-4)34(41)39-33(35(42)38-3)28-29-21-23-31(24-22-29)47-26-8-6-2/h17,20-24,32-33,45H,5,7,9-16,18-19,25-28H2,1-4H3,(H,38,42)(H,39,41)(H,43,44)/t32?,33-,37-/m0/s1. The first kappa shape index (κ1) is 41.3. The number of hydrogen-bond donors (Lipinski definition) is 4. The minimum Gasteiger partial charge on any atom is -0.481 e. The third-order valence-corrected chi connectivity index (χ3v) is 8.05. The molecule has 0 saturated heterocycles. The van der Waals surface area contributed by atoms with Gasteiger partial charge in [0.05, 0.1) is 5.92 Å². The number of amides is 2. The predicted molar refractivity (Wildman–Crippen MR) is 183 cm³/mol. The molecule has 47 heavy (non-hydrogen) atoms. The minimum absolute atomic E-state index is 0.0883. The van der Waals surface area contributed by atoms with E-state index in [2.05, 4.69) is 29.4 Å². The highest BCUT2D eigenvalue weighted by atomic mass is 16.5. The molecule has 2 amide bonds. The molecule has 1 aromatic carbocycles. The number of methoxy groups -OCH3 is 1. The molecule has 10 heteroatoms. The number of carboxylic acid groups (broad SMARTS) is 1. The lowest BCUT2D eigenvalue weighted by molar-refractivity contribution is -0.168. The van der Waals surface area contributed by atoms with Crippen LogP contribution in [0.25, 0.3) is 0 Å². The average Bonchev–Trinajstić information content (AvgIpc) is 3.06. The van der Waals surface area contributed by atoms with Crippen molar-refractivity contribution in [1.82, 2.24) is 10.6 Å². The van der Waals surface area contributed by atoms with Gasteiger partial charge in [-0.1, -0.05) is 75.7 Å². The fourth-order valence-corrected chi connectivity index (χ4v) is 5.13. The number of allylic oxidation sites excluding steroid dienone is 1. The van der Waals surface area contributed by atoms with Crippen molar-refractivity contribution in [2.75, 3.05) is 27.4 Å². The van der Waals surface area contributed by atoms with Gasteiger partial charge in [0.2, 0.25) is 11.8 Å². The number of aliphatic carboxylic acids is 1. The summed E-state index contributed by atoms with van der Waals surface area (Å²) in [5, 5.41) is 26.5. The number of aliphatic hydroxyl groups is 1. The number of carbonyl (C=O) groups is 4. The number of carboxylic acids is 1. The minimum atomic E-state index is -2.46. The lowest BCUT2D eigenvalue weighted by atomic mass is 9.83. The Hall–Kier alpha value is -3.68. The number of nitrogens with one attached hydrogen (secondary N) is 2. The van der Waals surface area contributed by atoms with E-state index in [0.717, 1.165) is 44.1 Å². The van der Waals surface area contributed by atoms with Gasteiger partial charge >= 0.3 is 5.97 Å². The van der Waals surface area contributed by atoms with Crippen LogP contribution in [0.15, 0.2) is 36.4 Å². The molecule has 0 aromatic heterocycles. The summed E-state index contributed by atoms with van der Waals surface area (Å²) in [7, 11) is 2.82. The monoisotopic (exact) mass is 656 g/mol. The Morgan fingerprint density at radius 1 is 0.957 bits per heavy atom. The number of rotatable bonds is 26. The molecule has 3 atom stereocenters. The summed E-state index contributed by atoms with van der Waals surface area (Å²) in [5.41, 5.74) is -1.72. The van der Waals surface area contributed by atoms with Crippen LogP contribution in [0.3, 0.4) is 0 Å². The van der Waals surface area contributed by atoms with E-state index in [1.807, 2.05) is 0 Å². The second kappa shape index (κ2) is 24.5. The Kier molecular flexibility index (Phi) is 21.5. The van der Waals surface area contributed by atoms with Gasteiger partial charge in [-0.25, -0.2) is 4.79 Å². The number of carbonyl (C=O) groups excluding carboxylic acids is 3. The van der Waals surface area contributed by atoms with E-state index in [4.69, 9.17) is 9.47 Å². The van der Waals surface area contributed by atoms with Crippen molar-refractivity contribution < 1.29 is 38.9 Å². The summed E-state index contributed by atoms with van der Waals surface area (Å²) in [6.07, 6.45) is 13.8. The summed E-state index contributed by atoms with van der Waals surface area (Å²) in [6.45, 7) is 4.05. The van der Waals surface area contributed by atoms with Crippen LogP contribution >= 0.6 is 0 Å². The average molecular weight is 657 g/mol. The highest BCUT2D eigenvalue weighted by Gasteiger charge is 2.47. The third kappa shape index (κ3) is 16.6. The maximum absolute atomic E-state index is 13.6. The largest absolute Gasteiger partial charge is 0.481 e. The zero-order valence-corrected chi connectivity index (χ0v) is 28.8. The second-order valence-corrected chi connectivity index (χ2v) is 11.8. The van der Waals surface area contributed by atoms with E-state index < -0.39 is 35.3 Å². The quantitative estimate of drug-likeness (QED) is 0.0607. The number of hydrogen-bond acceptors (Lipinski definition) is 7. The van der Waals surface area contributed by atoms with Crippen molar-refractivity contribution in [2.24, 2.45) is 5.92 Å². The van der Waals surface area contributed by atoms with E-state index in [0.29, 0.717) is 30.8 Å². The van der Waals surface area contributed by atoms with Crippen molar-refractivity contribution in [3.63, 3.8) is 0 Å². The Bertz CT molecular complexity index is 1170. The van der Waals surface area contributed by atoms with Gasteiger partial charge in [-0.3, -0.25) is 14.4 Å². The first-order valence-corrected chi connectivity index (χ1v) is 16.9. The molecule has 0 aliphatic carbocycles.